The molecule has 0 aliphatic carbocycles. The third-order valence-corrected chi connectivity index (χ3v) is 14.2. The first-order valence-corrected chi connectivity index (χ1v) is 23.2. The molecule has 5 aliphatic heterocycles. The Morgan fingerprint density at radius 3 is 2.34 bits per heavy atom. The van der Waals surface area contributed by atoms with Crippen molar-refractivity contribution in [1.29, 1.82) is 0 Å². The molecule has 0 radical (unpaired) electrons. The van der Waals surface area contributed by atoms with Crippen LogP contribution in [0.1, 0.15) is 88.4 Å². The second-order valence-corrected chi connectivity index (χ2v) is 19.1. The maximum Gasteiger partial charge on any atom is 0.312 e. The van der Waals surface area contributed by atoms with Crippen LogP contribution in [0.15, 0.2) is 64.7 Å². The number of benzene rings is 2. The number of piperidine rings is 1. The molecule has 0 aromatic heterocycles. The number of fused-ring (bicyclic) bond motifs is 2. The fraction of sp³-hybridized carbons (Fsp3) is 0.529. The number of Topliss-reactive ketones (excluding diaryl/α,β-unsaturated/α-hetero) is 1. The summed E-state index contributed by atoms with van der Waals surface area (Å²) in [5, 5.41) is 49.6. The number of hydrogen-bond donors (Lipinski definition) is 5. The zero-order chi connectivity index (χ0) is 49.5. The van der Waals surface area contributed by atoms with Crippen LogP contribution >= 0.6 is 0 Å². The number of aliphatic hydroxyl groups is 2. The minimum absolute atomic E-state index is 0.000964. The Balaban J connectivity index is 1.39. The van der Waals surface area contributed by atoms with Crippen molar-refractivity contribution < 1.29 is 63.2 Å². The van der Waals surface area contributed by atoms with E-state index in [1.165, 1.54) is 27.2 Å². The molecule has 17 nitrogen and oxygen atoms in total. The van der Waals surface area contributed by atoms with Crippen LogP contribution in [-0.4, -0.2) is 126 Å². The van der Waals surface area contributed by atoms with Crippen molar-refractivity contribution in [3.05, 3.63) is 82.0 Å². The Kier molecular flexibility index (Phi) is 14.8. The molecule has 5 aliphatic rings. The van der Waals surface area contributed by atoms with Gasteiger partial charge >= 0.3 is 11.8 Å². The fourth-order valence-electron chi connectivity index (χ4n) is 9.84. The van der Waals surface area contributed by atoms with Gasteiger partial charge in [-0.1, -0.05) is 45.9 Å². The lowest BCUT2D eigenvalue weighted by atomic mass is 9.78. The predicted molar refractivity (Wildman–Crippen MR) is 253 cm³/mol. The molecule has 2 aromatic rings. The molecule has 9 atom stereocenters. The van der Waals surface area contributed by atoms with Crippen molar-refractivity contribution in [2.24, 2.45) is 28.7 Å². The summed E-state index contributed by atoms with van der Waals surface area (Å²) in [7, 11) is 5.59. The molecular weight excluding hydrogens is 877 g/mol. The molecule has 5 N–H and O–H groups in total. The number of phenols is 2. The van der Waals surface area contributed by atoms with Crippen LogP contribution in [0.4, 0.5) is 11.4 Å². The van der Waals surface area contributed by atoms with Gasteiger partial charge in [0.2, 0.25) is 0 Å². The van der Waals surface area contributed by atoms with E-state index in [1.807, 2.05) is 0 Å². The van der Waals surface area contributed by atoms with Gasteiger partial charge in [-0.2, -0.15) is 0 Å². The molecule has 1 fully saturated rings. The summed E-state index contributed by atoms with van der Waals surface area (Å²) in [5.41, 5.74) is 1.76. The van der Waals surface area contributed by atoms with E-state index in [9.17, 15) is 34.8 Å². The average Bonchev–Trinajstić information content (AvgIpc) is 3.57. The Morgan fingerprint density at radius 1 is 0.971 bits per heavy atom. The predicted octanol–water partition coefficient (Wildman–Crippen LogP) is 5.86. The van der Waals surface area contributed by atoms with E-state index >= 15 is 0 Å². The van der Waals surface area contributed by atoms with E-state index in [4.69, 9.17) is 33.4 Å². The minimum atomic E-state index is -2.01. The number of ketones is 1. The zero-order valence-corrected chi connectivity index (χ0v) is 40.8. The highest BCUT2D eigenvalue weighted by atomic mass is 16.7. The smallest absolute Gasteiger partial charge is 0.312 e. The number of aliphatic hydroxyl groups excluding tert-OH is 2. The molecule has 4 bridgehead atoms. The molecule has 0 saturated carbocycles. The van der Waals surface area contributed by atoms with E-state index in [0.717, 1.165) is 25.9 Å². The first-order valence-electron chi connectivity index (χ1n) is 23.2. The standard InChI is InChI=1S/C51H66N4O13/c1-25-13-12-14-26(2)50(62)52-35-24-64-23-34-39(42-48(35)67-38-22-33(21-36(57)41(38)53-42)55-18-15-32(16-19-55)54(9)10)40-47(30(6)45(34)60)68-51(8,49(40)61)65-20-17-37(63-11)27(3)46(66-31(7)56)29(5)44(59)28(4)43(25)58/h12-14,17,20-22,25,27-29,32,37,43-44,46,57-60H,15-16,18-19,23-24H2,1-11H3,(H,52,62)/b13-12+,20-17+,26-14-,48-35-/t25-,27+,28+,29+,37-,43-,44+,46+,51-/m0/s1. The first-order chi connectivity index (χ1) is 32.2. The number of ether oxygens (including phenoxy) is 6. The summed E-state index contributed by atoms with van der Waals surface area (Å²) in [5.74, 6) is -6.39. The van der Waals surface area contributed by atoms with Gasteiger partial charge in [0.15, 0.2) is 11.5 Å². The van der Waals surface area contributed by atoms with Crippen LogP contribution in [0, 0.1) is 30.6 Å². The topological polar surface area (TPSA) is 218 Å². The monoisotopic (exact) mass is 942 g/mol. The lowest BCUT2D eigenvalue weighted by Gasteiger charge is -2.38. The van der Waals surface area contributed by atoms with Gasteiger partial charge in [-0.15, -0.1) is 0 Å². The summed E-state index contributed by atoms with van der Waals surface area (Å²) < 4.78 is 37.1. The number of methoxy groups -OCH3 is 1. The summed E-state index contributed by atoms with van der Waals surface area (Å²) in [6.07, 6.45) is 5.74. The average molecular weight is 943 g/mol. The molecule has 68 heavy (non-hydrogen) atoms. The van der Waals surface area contributed by atoms with Gasteiger partial charge in [0.1, 0.15) is 34.8 Å². The van der Waals surface area contributed by atoms with E-state index in [-0.39, 0.29) is 86.9 Å². The number of aromatic hydroxyl groups is 2. The Bertz CT molecular complexity index is 2470. The molecule has 2 aromatic carbocycles. The van der Waals surface area contributed by atoms with Gasteiger partial charge in [-0.25, -0.2) is 4.99 Å². The SMILES string of the molecule is CO[C@H]1/C=C/O[C@@]2(C)Oc3c(C)c(O)c4c(c3C2=O)C2=Nc3c(O)cc(N5CCC(N(C)C)CC5)cc3O/C2=C(/COC4)NC(=O)/C(C)=C\C=C\[C@H](C)[C@H](O)[C@@H](C)[C@@H](O)[C@@H](C)[C@H](OC(C)=O)[C@@H]1C. The van der Waals surface area contributed by atoms with Crippen LogP contribution in [-0.2, 0) is 35.1 Å². The Labute approximate surface area is 397 Å². The molecule has 5 heterocycles. The van der Waals surface area contributed by atoms with Crippen LogP contribution in [0.3, 0.4) is 0 Å². The second-order valence-electron chi connectivity index (χ2n) is 19.1. The number of carbonyl (C=O) groups is 3. The zero-order valence-electron chi connectivity index (χ0n) is 40.8. The van der Waals surface area contributed by atoms with E-state index < -0.39 is 71.5 Å². The van der Waals surface area contributed by atoms with Gasteiger partial charge in [-0.05, 0) is 46.9 Å². The van der Waals surface area contributed by atoms with Crippen molar-refractivity contribution in [3.63, 3.8) is 0 Å². The van der Waals surface area contributed by atoms with Crippen molar-refractivity contribution in [2.75, 3.05) is 45.8 Å². The number of nitrogens with one attached hydrogen (secondary N) is 1. The van der Waals surface area contributed by atoms with E-state index in [2.05, 4.69) is 29.2 Å². The maximum absolute atomic E-state index is 15.0. The number of nitrogens with zero attached hydrogens (tertiary/aromatic N) is 3. The van der Waals surface area contributed by atoms with E-state index in [1.54, 1.807) is 78.0 Å². The lowest BCUT2D eigenvalue weighted by molar-refractivity contribution is -0.160. The Morgan fingerprint density at radius 2 is 1.68 bits per heavy atom. The molecular formula is C51H66N4O13. The fourth-order valence-corrected chi connectivity index (χ4v) is 9.84. The van der Waals surface area contributed by atoms with Gasteiger partial charge < -0.3 is 64.0 Å². The Hall–Kier alpha value is -5.72. The number of carbonyl (C=O) groups excluding carboxylic acids is 3. The molecule has 0 unspecified atom stereocenters. The summed E-state index contributed by atoms with van der Waals surface area (Å²) in [6.45, 7) is 14.0. The third kappa shape index (κ3) is 9.63. The molecule has 7 rings (SSSR count). The number of hydrogen-bond acceptors (Lipinski definition) is 16. The first kappa shape index (κ1) is 50.2. The summed E-state index contributed by atoms with van der Waals surface area (Å²) in [6, 6.07) is 3.83. The molecule has 1 amide bonds. The van der Waals surface area contributed by atoms with Crippen LogP contribution < -0.4 is 19.7 Å². The van der Waals surface area contributed by atoms with Crippen LogP contribution in [0.2, 0.25) is 0 Å². The third-order valence-electron chi connectivity index (χ3n) is 14.2. The number of allylic oxidation sites excluding steroid dienone is 3. The number of anilines is 1. The summed E-state index contributed by atoms with van der Waals surface area (Å²) in [4.78, 5) is 50.9. The van der Waals surface area contributed by atoms with Crippen molar-refractivity contribution >= 4 is 34.7 Å². The van der Waals surface area contributed by atoms with Gasteiger partial charge in [0.05, 0.1) is 49.0 Å². The van der Waals surface area contributed by atoms with Crippen molar-refractivity contribution in [1.82, 2.24) is 10.2 Å². The van der Waals surface area contributed by atoms with Gasteiger partial charge in [-0.3, -0.25) is 14.4 Å². The molecule has 0 spiro atoms. The molecule has 1 saturated heterocycles. The van der Waals surface area contributed by atoms with Crippen LogP contribution in [0.5, 0.6) is 23.0 Å². The number of phenolic OH excluding ortho intramolecular Hbond substituents is 2. The number of esters is 1. The molecule has 17 heteroatoms. The summed E-state index contributed by atoms with van der Waals surface area (Å²) >= 11 is 0. The highest BCUT2D eigenvalue weighted by Crippen LogP contribution is 2.51. The lowest BCUT2D eigenvalue weighted by Crippen LogP contribution is -2.46. The van der Waals surface area contributed by atoms with Crippen molar-refractivity contribution in [2.45, 2.75) is 111 Å². The highest BCUT2D eigenvalue weighted by Gasteiger charge is 2.51. The number of amides is 1. The normalized spacial score (nSPS) is 32.2. The highest BCUT2D eigenvalue weighted by molar-refractivity contribution is 6.24. The molecule has 368 valence electrons. The van der Waals surface area contributed by atoms with Gasteiger partial charge in [0.25, 0.3) is 11.7 Å². The maximum atomic E-state index is 15.0. The number of aliphatic imine (C=N–C) groups is 1. The second kappa shape index (κ2) is 20.1. The van der Waals surface area contributed by atoms with Gasteiger partial charge in [0, 0.05) is 104 Å². The number of rotatable bonds is 4. The quantitative estimate of drug-likeness (QED) is 0.227. The van der Waals surface area contributed by atoms with Crippen molar-refractivity contribution in [3.8, 4) is 23.0 Å². The van der Waals surface area contributed by atoms with E-state index in [0.29, 0.717) is 11.7 Å². The minimum Gasteiger partial charge on any atom is -0.507 e. The van der Waals surface area contributed by atoms with Crippen LogP contribution in [0.25, 0.3) is 0 Å². The largest absolute Gasteiger partial charge is 0.507 e.